The van der Waals surface area contributed by atoms with Gasteiger partial charge in [-0.2, -0.15) is 5.10 Å². The maximum atomic E-state index is 16.7. The molecule has 0 spiro atoms. The molecule has 5 aliphatic carbocycles. The van der Waals surface area contributed by atoms with Crippen LogP contribution in [0.2, 0.25) is 0 Å². The van der Waals surface area contributed by atoms with Crippen molar-refractivity contribution in [2.24, 2.45) is 55.3 Å². The highest BCUT2D eigenvalue weighted by atomic mass is 16.8. The van der Waals surface area contributed by atoms with Crippen molar-refractivity contribution in [3.05, 3.63) is 23.8 Å². The summed E-state index contributed by atoms with van der Waals surface area (Å²) < 4.78 is 116. The molecule has 14 aliphatic rings. The predicted octanol–water partition coefficient (Wildman–Crippen LogP) is -8.12. The van der Waals surface area contributed by atoms with Crippen LogP contribution in [0, 0.1) is 50.2 Å². The minimum Gasteiger partial charge on any atom is -0.479 e. The summed E-state index contributed by atoms with van der Waals surface area (Å²) in [5.74, 6) is -7.22. The van der Waals surface area contributed by atoms with Gasteiger partial charge < -0.3 is 207 Å². The number of aliphatic hydroxyl groups is 22. The summed E-state index contributed by atoms with van der Waals surface area (Å²) in [5, 5.41) is 265. The average molecular weight is 2070 g/mol. The fraction of sp³-hybridized carbons (Fsp3) is 0.882. The molecule has 0 bridgehead atoms. The van der Waals surface area contributed by atoms with Gasteiger partial charge in [-0.15, -0.1) is 0 Å². The number of rotatable bonds is 34. The second-order valence-electron chi connectivity index (χ2n) is 42.7. The van der Waals surface area contributed by atoms with Gasteiger partial charge in [0, 0.05) is 43.7 Å². The number of carbonyl (C=O) groups is 6. The number of carboxylic acid groups (broad SMARTS) is 1. The summed E-state index contributed by atoms with van der Waals surface area (Å²) in [6, 6.07) is 0. The Morgan fingerprint density at radius 3 is 1.62 bits per heavy atom. The van der Waals surface area contributed by atoms with Crippen molar-refractivity contribution in [1.82, 2.24) is 10.3 Å². The van der Waals surface area contributed by atoms with E-state index in [-0.39, 0.29) is 76.7 Å². The van der Waals surface area contributed by atoms with Gasteiger partial charge in [-0.1, -0.05) is 59.6 Å². The first kappa shape index (κ1) is 114. The van der Waals surface area contributed by atoms with Crippen LogP contribution in [-0.4, -0.2) is 468 Å². The van der Waals surface area contributed by atoms with Gasteiger partial charge >= 0.3 is 17.9 Å². The molecule has 12 fully saturated rings. The molecule has 51 nitrogen and oxygen atoms in total. The molecule has 3 amide bonds. The van der Waals surface area contributed by atoms with Crippen molar-refractivity contribution < 1.29 is 236 Å². The van der Waals surface area contributed by atoms with Crippen molar-refractivity contribution in [2.75, 3.05) is 39.6 Å². The number of carboxylic acids is 1. The zero-order valence-electron chi connectivity index (χ0n) is 81.7. The molecular formula is C93H145N3O48. The molecule has 820 valence electrons. The fourth-order valence-corrected chi connectivity index (χ4v) is 24.3. The van der Waals surface area contributed by atoms with Gasteiger partial charge in [0.15, 0.2) is 74.9 Å². The monoisotopic (exact) mass is 2070 g/mol. The van der Waals surface area contributed by atoms with E-state index in [0.717, 1.165) is 29.5 Å². The summed E-state index contributed by atoms with van der Waals surface area (Å²) in [6.45, 7) is 15.0. The summed E-state index contributed by atoms with van der Waals surface area (Å²) in [5.41, 5.74) is -3.34. The molecule has 14 rings (SSSR count). The molecular weight excluding hydrogens is 1930 g/mol. The second-order valence-corrected chi connectivity index (χ2v) is 42.7. The Hall–Kier alpha value is -5.39. The number of hydrogen-bond donors (Lipinski definition) is 24. The summed E-state index contributed by atoms with van der Waals surface area (Å²) >= 11 is 0. The average Bonchev–Trinajstić information content (AvgIpc) is 0.741. The SMILES string of the molecule is CC(=O)OC1C(C)OC(OC(O)C(OC2OC(C)C(OC3OCC(O)C(OC4OC(CO)C(O)C(O)C4O)C3O)C(O)C2O)C(OC(=O)[C@]23CCC(C)(C)CC2C2=CCC4[C@@]5(C)CC[C@H](OC6OC(C(=O)O)C(O)C(OC7OCC(O)C(O)C7O)C6OC6OC(CO)C(O)C(O)C6O)[C@@](C)(/C=N/NC(=O)CCCCCN6C(=O)C=CC6=O)C5CC[C@@]4(C)[C@]2(C)C[C@H]3O)OC(C)C)C(O)C1OC1OCC(O)C(O)C1O. The van der Waals surface area contributed by atoms with Gasteiger partial charge in [-0.3, -0.25) is 28.9 Å². The van der Waals surface area contributed by atoms with E-state index in [9.17, 15) is 141 Å². The quantitative estimate of drug-likeness (QED) is 0.00416. The Kier molecular flexibility index (Phi) is 36.4. The lowest BCUT2D eigenvalue weighted by molar-refractivity contribution is -0.395. The Balaban J connectivity index is 0.781. The van der Waals surface area contributed by atoms with Crippen LogP contribution < -0.4 is 5.43 Å². The predicted molar refractivity (Wildman–Crippen MR) is 472 cm³/mol. The van der Waals surface area contributed by atoms with E-state index in [1.807, 2.05) is 20.8 Å². The molecule has 9 heterocycles. The lowest BCUT2D eigenvalue weighted by Gasteiger charge is -2.71. The molecule has 0 aromatic heterocycles. The van der Waals surface area contributed by atoms with Gasteiger partial charge in [0.25, 0.3) is 11.8 Å². The van der Waals surface area contributed by atoms with Crippen LogP contribution in [-0.2, 0) is 119 Å². The van der Waals surface area contributed by atoms with Crippen LogP contribution in [0.5, 0.6) is 0 Å². The van der Waals surface area contributed by atoms with Gasteiger partial charge in [0.1, 0.15) is 158 Å². The number of nitrogens with one attached hydrogen (secondary N) is 1. The second kappa shape index (κ2) is 45.9. The molecule has 0 aromatic rings. The Morgan fingerprint density at radius 2 is 1.05 bits per heavy atom. The number of hydrazone groups is 1. The van der Waals surface area contributed by atoms with Crippen LogP contribution in [0.4, 0.5) is 0 Å². The first-order valence-corrected chi connectivity index (χ1v) is 49.2. The van der Waals surface area contributed by atoms with Gasteiger partial charge in [0.2, 0.25) is 12.2 Å². The van der Waals surface area contributed by atoms with Crippen LogP contribution in [0.15, 0.2) is 28.9 Å². The molecule has 50 atom stereocenters. The standard InChI is InChI=1S/C93H145N3O48/c1-35(2)129-86(75(77(124)143-84-67(121)72(69(37(4)131-84)132-38(5)99)139-79-61(115)54(108)42(101)32-127-79)142-81-64(118)59(113)68(36(3)130-81)136-80-66(120)70(43(102)33-128-80)137-82-62(116)57(111)55(109)44(29-97)133-82)144-87(125)93-25-24-88(6,7)27-40(93)39-16-17-47-89(8)22-21-49(90(9,46(89)20-23-91(47,10)92(39,11)28-48(93)103)34-94-95-50(104)15-13-12-14-26-96-51(105)18-19-52(96)106)135-85-74(141-83-63(117)58(112)56(110)45(30-98)134-83)71(65(119)73(140-85)76(122)123)138-78-60(114)53(107)41(100)31-126-78/h16,18-19,34-37,40-49,53-75,77-86,97-98,100-103,107-121,124H,12-15,17,20-33H2,1-11H3,(H,95,104)(H,122,123)/b94-34+/t36?,37?,40?,41?,42?,43?,44?,45?,46?,47?,48-,49+,53?,54?,55?,56?,57?,58?,59?,60?,61?,62?,63?,64?,65?,66?,67?,68?,69?,70?,71?,72?,73?,74?,75?,77?,78?,79?,80?,81?,82?,83?,84?,85?,86?,89+,90+,91-,92-,93-/m1/s1. The third-order valence-electron chi connectivity index (χ3n) is 32.6. The van der Waals surface area contributed by atoms with Crippen LogP contribution >= 0.6 is 0 Å². The van der Waals surface area contributed by atoms with Crippen molar-refractivity contribution in [3.63, 3.8) is 0 Å². The van der Waals surface area contributed by atoms with Crippen molar-refractivity contribution >= 4 is 41.8 Å². The summed E-state index contributed by atoms with van der Waals surface area (Å²) in [7, 11) is 0. The third-order valence-corrected chi connectivity index (χ3v) is 32.6. The van der Waals surface area contributed by atoms with E-state index in [1.165, 1.54) is 33.9 Å². The van der Waals surface area contributed by atoms with Crippen molar-refractivity contribution in [1.29, 1.82) is 0 Å². The first-order valence-electron chi connectivity index (χ1n) is 49.2. The number of ether oxygens (including phenoxy) is 19. The van der Waals surface area contributed by atoms with E-state index in [4.69, 9.17) is 90.0 Å². The van der Waals surface area contributed by atoms with Gasteiger partial charge in [-0.25, -0.2) is 10.2 Å². The number of unbranched alkanes of at least 4 members (excludes halogenated alkanes) is 2. The van der Waals surface area contributed by atoms with E-state index in [0.29, 0.717) is 19.3 Å². The Labute approximate surface area is 827 Å². The highest BCUT2D eigenvalue weighted by Crippen LogP contribution is 2.76. The topological polar surface area (TPSA) is 771 Å². The van der Waals surface area contributed by atoms with E-state index in [2.05, 4.69) is 30.5 Å². The number of allylic oxidation sites excluding steroid dienone is 2. The minimum absolute atomic E-state index is 0.00993. The van der Waals surface area contributed by atoms with E-state index >= 15 is 4.79 Å². The van der Waals surface area contributed by atoms with E-state index in [1.54, 1.807) is 6.92 Å². The molecule has 51 heteroatoms. The maximum absolute atomic E-state index is 16.7. The third kappa shape index (κ3) is 22.4. The number of aliphatic hydroxyl groups excluding tert-OH is 22. The number of imide groups is 1. The highest BCUT2D eigenvalue weighted by molar-refractivity contribution is 6.12. The van der Waals surface area contributed by atoms with Crippen LogP contribution in [0.25, 0.3) is 0 Å². The van der Waals surface area contributed by atoms with Crippen LogP contribution in [0.1, 0.15) is 160 Å². The fourth-order valence-electron chi connectivity index (χ4n) is 24.3. The minimum atomic E-state index is -2.66. The summed E-state index contributed by atoms with van der Waals surface area (Å²) in [4.78, 5) is 82.6. The maximum Gasteiger partial charge on any atom is 0.335 e. The molecule has 144 heavy (non-hydrogen) atoms. The molecule has 43 unspecified atom stereocenters. The largest absolute Gasteiger partial charge is 0.479 e. The van der Waals surface area contributed by atoms with Gasteiger partial charge in [0.05, 0.1) is 63.6 Å². The molecule has 9 aliphatic heterocycles. The van der Waals surface area contributed by atoms with Crippen LogP contribution in [0.3, 0.4) is 0 Å². The van der Waals surface area contributed by atoms with Crippen molar-refractivity contribution in [3.8, 4) is 0 Å². The van der Waals surface area contributed by atoms with Crippen molar-refractivity contribution in [2.45, 2.75) is 424 Å². The molecule has 4 saturated carbocycles. The van der Waals surface area contributed by atoms with E-state index < -0.39 is 377 Å². The molecule has 0 aromatic carbocycles. The number of carbonyl (C=O) groups excluding carboxylic acids is 5. The lowest BCUT2D eigenvalue weighted by Crippen LogP contribution is -2.69. The first-order chi connectivity index (χ1) is 67.7. The number of amides is 3. The molecule has 8 saturated heterocycles. The lowest BCUT2D eigenvalue weighted by atomic mass is 9.33. The van der Waals surface area contributed by atoms with Gasteiger partial charge in [-0.05, 0) is 138 Å². The molecule has 0 radical (unpaired) electrons. The zero-order chi connectivity index (χ0) is 105. The number of esters is 2. The number of fused-ring (bicyclic) bond motifs is 7. The molecule has 24 N–H and O–H groups in total. The number of hydrogen-bond acceptors (Lipinski definition) is 48. The Bertz CT molecular complexity index is 4450. The Morgan fingerprint density at radius 1 is 0.528 bits per heavy atom. The number of nitrogens with zero attached hydrogens (tertiary/aromatic N) is 2. The number of aliphatic carboxylic acids is 1. The zero-order valence-corrected chi connectivity index (χ0v) is 81.7. The summed E-state index contributed by atoms with van der Waals surface area (Å²) in [6.07, 6.45) is -74.4. The highest BCUT2D eigenvalue weighted by Gasteiger charge is 2.74. The normalized spacial score (nSPS) is 47.8. The smallest absolute Gasteiger partial charge is 0.335 e.